The molecule has 4 nitrogen and oxygen atoms in total. The summed E-state index contributed by atoms with van der Waals surface area (Å²) >= 11 is 2.96. The largest absolute Gasteiger partial charge is 0.469 e. The third-order valence-corrected chi connectivity index (χ3v) is 4.08. The summed E-state index contributed by atoms with van der Waals surface area (Å²) in [4.78, 5) is 25.2. The van der Waals surface area contributed by atoms with E-state index in [1.54, 1.807) is 6.92 Å². The van der Waals surface area contributed by atoms with Gasteiger partial charge in [0.25, 0.3) is 5.91 Å². The first-order chi connectivity index (χ1) is 9.85. The van der Waals surface area contributed by atoms with Crippen LogP contribution in [0.2, 0.25) is 0 Å². The zero-order chi connectivity index (χ0) is 15.7. The highest BCUT2D eigenvalue weighted by atomic mass is 79.9. The quantitative estimate of drug-likeness (QED) is 0.760. The van der Waals surface area contributed by atoms with Crippen LogP contribution in [-0.4, -0.2) is 37.0 Å². The maximum atomic E-state index is 13.8. The number of likely N-dealkylation sites (tertiary alicyclic amines) is 1. The lowest BCUT2D eigenvalue weighted by molar-refractivity contribution is -0.146. The summed E-state index contributed by atoms with van der Waals surface area (Å²) < 4.78 is 32.5. The van der Waals surface area contributed by atoms with E-state index in [1.165, 1.54) is 12.0 Å². The van der Waals surface area contributed by atoms with Crippen molar-refractivity contribution in [3.8, 4) is 0 Å². The number of nitrogens with zero attached hydrogens (tertiary/aromatic N) is 1. The number of ether oxygens (including phenoxy) is 1. The van der Waals surface area contributed by atoms with Crippen LogP contribution in [0.5, 0.6) is 0 Å². The van der Waals surface area contributed by atoms with E-state index < -0.39 is 35.0 Å². The molecule has 0 spiro atoms. The Balaban J connectivity index is 2.25. The first-order valence-corrected chi connectivity index (χ1v) is 7.16. The summed E-state index contributed by atoms with van der Waals surface area (Å²) in [6.07, 6.45) is 0. The van der Waals surface area contributed by atoms with Gasteiger partial charge in [-0.25, -0.2) is 8.78 Å². The average molecular weight is 362 g/mol. The molecule has 0 saturated carbocycles. The lowest BCUT2D eigenvalue weighted by Crippen LogP contribution is -2.31. The van der Waals surface area contributed by atoms with Gasteiger partial charge in [0.2, 0.25) is 0 Å². The first-order valence-electron chi connectivity index (χ1n) is 6.36. The summed E-state index contributed by atoms with van der Waals surface area (Å²) in [7, 11) is 1.27. The van der Waals surface area contributed by atoms with Gasteiger partial charge in [0.15, 0.2) is 0 Å². The van der Waals surface area contributed by atoms with Gasteiger partial charge in [-0.05, 0) is 18.1 Å². The molecule has 0 radical (unpaired) electrons. The summed E-state index contributed by atoms with van der Waals surface area (Å²) in [5.41, 5.74) is -0.601. The fourth-order valence-electron chi connectivity index (χ4n) is 2.50. The molecule has 1 aliphatic heterocycles. The third kappa shape index (κ3) is 3.07. The van der Waals surface area contributed by atoms with Crippen molar-refractivity contribution in [3.05, 3.63) is 33.8 Å². The molecule has 1 amide bonds. The third-order valence-electron chi connectivity index (χ3n) is 3.62. The highest BCUT2D eigenvalue weighted by molar-refractivity contribution is 9.10. The van der Waals surface area contributed by atoms with E-state index in [0.717, 1.165) is 12.1 Å². The Labute approximate surface area is 129 Å². The van der Waals surface area contributed by atoms with E-state index in [1.807, 2.05) is 0 Å². The summed E-state index contributed by atoms with van der Waals surface area (Å²) in [6, 6.07) is 2.07. The van der Waals surface area contributed by atoms with E-state index in [0.29, 0.717) is 0 Å². The fourth-order valence-corrected chi connectivity index (χ4v) is 2.90. The molecule has 0 N–H and O–H groups in total. The lowest BCUT2D eigenvalue weighted by atomic mass is 9.99. The van der Waals surface area contributed by atoms with Crippen molar-refractivity contribution < 1.29 is 23.1 Å². The first kappa shape index (κ1) is 15.9. The number of carbonyl (C=O) groups is 2. The molecular weight excluding hydrogens is 348 g/mol. The summed E-state index contributed by atoms with van der Waals surface area (Å²) in [5, 5.41) is 0. The number of amides is 1. The van der Waals surface area contributed by atoms with Gasteiger partial charge >= 0.3 is 5.97 Å². The van der Waals surface area contributed by atoms with Gasteiger partial charge in [0.05, 0.1) is 13.0 Å². The van der Waals surface area contributed by atoms with Gasteiger partial charge < -0.3 is 9.64 Å². The number of rotatable bonds is 2. The molecule has 2 unspecified atom stereocenters. The molecule has 21 heavy (non-hydrogen) atoms. The number of methoxy groups -OCH3 is 1. The smallest absolute Gasteiger partial charge is 0.310 e. The van der Waals surface area contributed by atoms with E-state index in [4.69, 9.17) is 0 Å². The van der Waals surface area contributed by atoms with Crippen molar-refractivity contribution in [2.75, 3.05) is 20.2 Å². The maximum Gasteiger partial charge on any atom is 0.310 e. The minimum Gasteiger partial charge on any atom is -0.469 e. The molecule has 1 aliphatic rings. The molecule has 1 saturated heterocycles. The zero-order valence-corrected chi connectivity index (χ0v) is 13.1. The SMILES string of the molecule is COC(=O)C1CN(C(=O)c2c(F)cc(Br)cc2F)CC1C. The van der Waals surface area contributed by atoms with E-state index in [9.17, 15) is 18.4 Å². The molecule has 0 bridgehead atoms. The van der Waals surface area contributed by atoms with Crippen LogP contribution < -0.4 is 0 Å². The molecule has 1 fully saturated rings. The fraction of sp³-hybridized carbons (Fsp3) is 0.429. The van der Waals surface area contributed by atoms with Gasteiger partial charge in [-0.3, -0.25) is 9.59 Å². The normalized spacial score (nSPS) is 21.5. The molecule has 114 valence electrons. The average Bonchev–Trinajstić information content (AvgIpc) is 2.78. The van der Waals surface area contributed by atoms with Crippen LogP contribution in [0.25, 0.3) is 0 Å². The van der Waals surface area contributed by atoms with Crippen molar-refractivity contribution >= 4 is 27.8 Å². The highest BCUT2D eigenvalue weighted by Crippen LogP contribution is 2.27. The zero-order valence-electron chi connectivity index (χ0n) is 11.5. The van der Waals surface area contributed by atoms with Crippen LogP contribution in [0, 0.1) is 23.5 Å². The molecule has 1 heterocycles. The molecule has 0 aliphatic carbocycles. The second-order valence-corrected chi connectivity index (χ2v) is 5.98. The topological polar surface area (TPSA) is 46.6 Å². The van der Waals surface area contributed by atoms with E-state index in [-0.39, 0.29) is 23.5 Å². The minimum atomic E-state index is -0.930. The Bertz CT molecular complexity index is 571. The van der Waals surface area contributed by atoms with E-state index >= 15 is 0 Å². The lowest BCUT2D eigenvalue weighted by Gasteiger charge is -2.17. The Morgan fingerprint density at radius 1 is 1.29 bits per heavy atom. The standard InChI is InChI=1S/C14H14BrF2NO3/c1-7-5-18(6-9(7)14(20)21-2)13(19)12-10(16)3-8(15)4-11(12)17/h3-4,7,9H,5-6H2,1-2H3. The van der Waals surface area contributed by atoms with Crippen molar-refractivity contribution in [3.63, 3.8) is 0 Å². The molecule has 7 heteroatoms. The van der Waals surface area contributed by atoms with Crippen LogP contribution in [0.1, 0.15) is 17.3 Å². The Morgan fingerprint density at radius 3 is 2.38 bits per heavy atom. The van der Waals surface area contributed by atoms with Crippen LogP contribution >= 0.6 is 15.9 Å². The summed E-state index contributed by atoms with van der Waals surface area (Å²) in [6.45, 7) is 2.15. The van der Waals surface area contributed by atoms with Crippen LogP contribution in [0.3, 0.4) is 0 Å². The number of hydrogen-bond acceptors (Lipinski definition) is 3. The predicted octanol–water partition coefficient (Wildman–Crippen LogP) is 2.61. The van der Waals surface area contributed by atoms with Crippen molar-refractivity contribution in [1.29, 1.82) is 0 Å². The highest BCUT2D eigenvalue weighted by Gasteiger charge is 2.39. The Hall–Kier alpha value is -1.50. The van der Waals surface area contributed by atoms with Crippen LogP contribution in [0.4, 0.5) is 8.78 Å². The van der Waals surface area contributed by atoms with Crippen molar-refractivity contribution in [2.24, 2.45) is 11.8 Å². The number of hydrogen-bond donors (Lipinski definition) is 0. The van der Waals surface area contributed by atoms with Crippen LogP contribution in [-0.2, 0) is 9.53 Å². The Kier molecular flexibility index (Phi) is 4.61. The summed E-state index contributed by atoms with van der Waals surface area (Å²) in [5.74, 6) is -3.63. The molecule has 1 aromatic rings. The van der Waals surface area contributed by atoms with Gasteiger partial charge in [-0.2, -0.15) is 0 Å². The monoisotopic (exact) mass is 361 g/mol. The van der Waals surface area contributed by atoms with Crippen molar-refractivity contribution in [2.45, 2.75) is 6.92 Å². The molecule has 2 rings (SSSR count). The Morgan fingerprint density at radius 2 is 1.86 bits per heavy atom. The predicted molar refractivity (Wildman–Crippen MR) is 74.6 cm³/mol. The number of halogens is 3. The van der Waals surface area contributed by atoms with Crippen LogP contribution in [0.15, 0.2) is 16.6 Å². The maximum absolute atomic E-state index is 13.8. The van der Waals surface area contributed by atoms with Gasteiger partial charge in [-0.1, -0.05) is 22.9 Å². The van der Waals surface area contributed by atoms with Crippen molar-refractivity contribution in [1.82, 2.24) is 4.90 Å². The van der Waals surface area contributed by atoms with Gasteiger partial charge in [0.1, 0.15) is 17.2 Å². The van der Waals surface area contributed by atoms with Gasteiger partial charge in [0, 0.05) is 17.6 Å². The second-order valence-electron chi connectivity index (χ2n) is 5.06. The van der Waals surface area contributed by atoms with E-state index in [2.05, 4.69) is 20.7 Å². The molecule has 1 aromatic carbocycles. The second kappa shape index (κ2) is 6.09. The van der Waals surface area contributed by atoms with Gasteiger partial charge in [-0.15, -0.1) is 0 Å². The minimum absolute atomic E-state index is 0.0988. The molecule has 2 atom stereocenters. The molecule has 0 aromatic heterocycles. The number of benzene rings is 1. The number of esters is 1. The number of carbonyl (C=O) groups excluding carboxylic acids is 2. The molecular formula is C14H14BrF2NO3.